The van der Waals surface area contributed by atoms with Crippen LogP contribution in [0.25, 0.3) is 10.9 Å². The van der Waals surface area contributed by atoms with Crippen molar-refractivity contribution in [2.75, 3.05) is 13.2 Å². The molecule has 200 valence electrons. The zero-order valence-corrected chi connectivity index (χ0v) is 22.1. The zero-order chi connectivity index (χ0) is 27.3. The first kappa shape index (κ1) is 27.2. The van der Waals surface area contributed by atoms with Crippen molar-refractivity contribution in [3.05, 3.63) is 83.4 Å². The monoisotopic (exact) mass is 537 g/mol. The molecule has 2 aromatic carbocycles. The van der Waals surface area contributed by atoms with Crippen LogP contribution in [0, 0.1) is 6.92 Å². The molecule has 2 heterocycles. The highest BCUT2D eigenvalue weighted by Crippen LogP contribution is 2.29. The largest absolute Gasteiger partial charge is 0.457 e. The number of hydrogen-bond acceptors (Lipinski definition) is 6. The molecule has 0 bridgehead atoms. The molecule has 2 aromatic heterocycles. The van der Waals surface area contributed by atoms with Gasteiger partial charge < -0.3 is 25.1 Å². The molecule has 0 spiro atoms. The number of Topliss-reactive ketones (excluding diaryl/α,β-unsaturated/α-hetero) is 1. The number of aryl methyl sites for hydroxylation is 2. The van der Waals surface area contributed by atoms with E-state index in [1.165, 1.54) is 25.1 Å². The second-order valence-corrected chi connectivity index (χ2v) is 11.1. The molecule has 0 saturated carbocycles. The lowest BCUT2D eigenvalue weighted by Gasteiger charge is -2.16. The number of rotatable bonds is 11. The third kappa shape index (κ3) is 6.15. The van der Waals surface area contributed by atoms with Gasteiger partial charge in [-0.3, -0.25) is 4.79 Å². The summed E-state index contributed by atoms with van der Waals surface area (Å²) in [6.07, 6.45) is 2.84. The molecule has 9 nitrogen and oxygen atoms in total. The molecule has 0 radical (unpaired) electrons. The van der Waals surface area contributed by atoms with Gasteiger partial charge in [0.15, 0.2) is 11.5 Å². The number of carbonyl (C=O) groups is 2. The van der Waals surface area contributed by atoms with Crippen LogP contribution in [0.15, 0.2) is 75.0 Å². The summed E-state index contributed by atoms with van der Waals surface area (Å²) in [6.45, 7) is 3.19. The number of fused-ring (bicyclic) bond motifs is 1. The predicted octanol–water partition coefficient (Wildman–Crippen LogP) is 3.94. The number of urea groups is 1. The molecule has 10 heteroatoms. The minimum absolute atomic E-state index is 0.0609. The topological polar surface area (TPSA) is 142 Å². The highest BCUT2D eigenvalue weighted by Gasteiger charge is 2.27. The number of furan rings is 1. The number of sulfone groups is 1. The van der Waals surface area contributed by atoms with Gasteiger partial charge in [0.25, 0.3) is 0 Å². The third-order valence-electron chi connectivity index (χ3n) is 6.37. The number of hydrogen-bond donors (Lipinski definition) is 4. The first-order valence-electron chi connectivity index (χ1n) is 12.3. The molecular formula is C28H31N3O6S. The number of aliphatic hydroxyl groups is 1. The van der Waals surface area contributed by atoms with Crippen LogP contribution in [0.1, 0.15) is 40.8 Å². The zero-order valence-electron chi connectivity index (χ0n) is 21.3. The van der Waals surface area contributed by atoms with Crippen LogP contribution in [0.2, 0.25) is 0 Å². The summed E-state index contributed by atoms with van der Waals surface area (Å²) < 4.78 is 32.2. The Kier molecular flexibility index (Phi) is 8.33. The van der Waals surface area contributed by atoms with Gasteiger partial charge in [-0.15, -0.1) is 0 Å². The van der Waals surface area contributed by atoms with Crippen LogP contribution in [-0.2, 0) is 22.7 Å². The molecule has 38 heavy (non-hydrogen) atoms. The number of aromatic nitrogens is 1. The number of para-hydroxylation sites is 1. The van der Waals surface area contributed by atoms with E-state index in [1.54, 1.807) is 12.1 Å². The van der Waals surface area contributed by atoms with Crippen LogP contribution < -0.4 is 10.6 Å². The quantitative estimate of drug-likeness (QED) is 0.214. The predicted molar refractivity (Wildman–Crippen MR) is 143 cm³/mol. The molecule has 0 aliphatic carbocycles. The molecule has 4 aromatic rings. The van der Waals surface area contributed by atoms with Crippen molar-refractivity contribution >= 4 is 32.6 Å². The Labute approximate surface area is 221 Å². The van der Waals surface area contributed by atoms with Gasteiger partial charge in [-0.25, -0.2) is 13.2 Å². The Morgan fingerprint density at radius 1 is 1.08 bits per heavy atom. The number of ketones is 1. The van der Waals surface area contributed by atoms with Crippen molar-refractivity contribution in [2.24, 2.45) is 0 Å². The Morgan fingerprint density at radius 3 is 2.53 bits per heavy atom. The number of aliphatic hydroxyl groups excluding tert-OH is 1. The Hall–Kier alpha value is -3.89. The van der Waals surface area contributed by atoms with E-state index in [4.69, 9.17) is 4.42 Å². The maximum atomic E-state index is 13.3. The van der Waals surface area contributed by atoms with Gasteiger partial charge in [0.1, 0.15) is 10.7 Å². The van der Waals surface area contributed by atoms with E-state index < -0.39 is 27.7 Å². The van der Waals surface area contributed by atoms with Crippen molar-refractivity contribution in [3.8, 4) is 0 Å². The maximum Gasteiger partial charge on any atom is 0.315 e. The molecule has 1 atom stereocenters. The fourth-order valence-corrected chi connectivity index (χ4v) is 5.69. The Balaban J connectivity index is 1.38. The second kappa shape index (κ2) is 11.7. The van der Waals surface area contributed by atoms with E-state index in [2.05, 4.69) is 15.6 Å². The molecule has 2 amide bonds. The van der Waals surface area contributed by atoms with Gasteiger partial charge in [-0.1, -0.05) is 35.9 Å². The van der Waals surface area contributed by atoms with Crippen molar-refractivity contribution in [1.82, 2.24) is 15.6 Å². The van der Waals surface area contributed by atoms with Gasteiger partial charge in [0, 0.05) is 43.1 Å². The summed E-state index contributed by atoms with van der Waals surface area (Å²) in [6, 6.07) is 14.5. The number of nitrogens with one attached hydrogen (secondary N) is 3. The van der Waals surface area contributed by atoms with E-state index in [0.717, 1.165) is 22.0 Å². The second-order valence-electron chi connectivity index (χ2n) is 9.20. The van der Waals surface area contributed by atoms with Crippen molar-refractivity contribution in [1.29, 1.82) is 0 Å². The highest BCUT2D eigenvalue weighted by atomic mass is 32.2. The number of amides is 2. The standard InChI is InChI=1S/C28H31N3O6S/c1-18-7-10-22(11-8-18)38(35,36)27-15-26(19(2)33)37-25(27)12-9-21(17-32)31-28(34)29-14-13-20-16-30-24-6-4-3-5-23(20)24/h3-8,10-11,15-16,21,30,32H,9,12-14,17H2,1-2H3,(H2,29,31,34)/t21-/m1/s1. The van der Waals surface area contributed by atoms with Gasteiger partial charge in [-0.05, 0) is 43.5 Å². The van der Waals surface area contributed by atoms with E-state index in [9.17, 15) is 23.1 Å². The molecule has 4 rings (SSSR count). The Morgan fingerprint density at radius 2 is 1.82 bits per heavy atom. The van der Waals surface area contributed by atoms with Crippen LogP contribution in [0.5, 0.6) is 0 Å². The summed E-state index contributed by atoms with van der Waals surface area (Å²) in [5, 5.41) is 16.4. The van der Waals surface area contributed by atoms with E-state index in [0.29, 0.717) is 13.0 Å². The molecular weight excluding hydrogens is 506 g/mol. The molecule has 0 saturated heterocycles. The molecule has 0 aliphatic rings. The summed E-state index contributed by atoms with van der Waals surface area (Å²) in [5.41, 5.74) is 3.03. The lowest BCUT2D eigenvalue weighted by molar-refractivity contribution is 0.0985. The number of carbonyl (C=O) groups excluding carboxylic acids is 2. The van der Waals surface area contributed by atoms with E-state index >= 15 is 0 Å². The van der Waals surface area contributed by atoms with Crippen LogP contribution in [-0.4, -0.2) is 49.5 Å². The first-order chi connectivity index (χ1) is 18.2. The number of H-pyrrole nitrogens is 1. The highest BCUT2D eigenvalue weighted by molar-refractivity contribution is 7.91. The average molecular weight is 538 g/mol. The third-order valence-corrected chi connectivity index (χ3v) is 8.19. The molecule has 4 N–H and O–H groups in total. The molecule has 0 fully saturated rings. The van der Waals surface area contributed by atoms with Gasteiger partial charge in [-0.2, -0.15) is 0 Å². The lowest BCUT2D eigenvalue weighted by Crippen LogP contribution is -2.44. The van der Waals surface area contributed by atoms with Crippen LogP contribution in [0.4, 0.5) is 4.79 Å². The van der Waals surface area contributed by atoms with Gasteiger partial charge in [0.05, 0.1) is 17.5 Å². The average Bonchev–Trinajstić information content (AvgIpc) is 3.52. The van der Waals surface area contributed by atoms with Crippen LogP contribution in [0.3, 0.4) is 0 Å². The summed E-state index contributed by atoms with van der Waals surface area (Å²) >= 11 is 0. The van der Waals surface area contributed by atoms with Crippen molar-refractivity contribution in [3.63, 3.8) is 0 Å². The van der Waals surface area contributed by atoms with Gasteiger partial charge >= 0.3 is 6.03 Å². The normalized spacial score (nSPS) is 12.4. The lowest BCUT2D eigenvalue weighted by atomic mass is 10.1. The minimum atomic E-state index is -3.94. The fraction of sp³-hybridized carbons (Fsp3) is 0.286. The minimum Gasteiger partial charge on any atom is -0.457 e. The van der Waals surface area contributed by atoms with Crippen LogP contribution >= 0.6 is 0 Å². The number of benzene rings is 2. The van der Waals surface area contributed by atoms with Crippen molar-refractivity contribution in [2.45, 2.75) is 48.9 Å². The summed E-state index contributed by atoms with van der Waals surface area (Å²) in [7, 11) is -3.94. The van der Waals surface area contributed by atoms with Gasteiger partial charge in [0.2, 0.25) is 9.84 Å². The van der Waals surface area contributed by atoms with Crippen molar-refractivity contribution < 1.29 is 27.5 Å². The summed E-state index contributed by atoms with van der Waals surface area (Å²) in [5.74, 6) is -0.354. The van der Waals surface area contributed by atoms with E-state index in [-0.39, 0.29) is 40.8 Å². The fourth-order valence-electron chi connectivity index (χ4n) is 4.23. The van der Waals surface area contributed by atoms with E-state index in [1.807, 2.05) is 37.4 Å². The SMILES string of the molecule is CC(=O)c1cc(S(=O)(=O)c2ccc(C)cc2)c(CC[C@H](CO)NC(=O)NCCc2c[nH]c3ccccc23)o1. The molecule has 0 unspecified atom stereocenters. The Bertz CT molecular complexity index is 1540. The summed E-state index contributed by atoms with van der Waals surface area (Å²) in [4.78, 5) is 27.6. The first-order valence-corrected chi connectivity index (χ1v) is 13.8. The smallest absolute Gasteiger partial charge is 0.315 e. The number of aromatic amines is 1. The molecule has 0 aliphatic heterocycles. The maximum absolute atomic E-state index is 13.3.